The number of esters is 1. The Morgan fingerprint density at radius 3 is 2.45 bits per heavy atom. The minimum Gasteiger partial charge on any atom is -0.466 e. The smallest absolute Gasteiger partial charge is 0.330 e. The van der Waals surface area contributed by atoms with Crippen LogP contribution in [0.4, 0.5) is 15.8 Å². The zero-order chi connectivity index (χ0) is 22.4. The number of hydrogen-bond acceptors (Lipinski definition) is 5. The van der Waals surface area contributed by atoms with Crippen molar-refractivity contribution >= 4 is 23.4 Å². The van der Waals surface area contributed by atoms with Crippen molar-refractivity contribution in [2.45, 2.75) is 6.23 Å². The number of benzene rings is 3. The largest absolute Gasteiger partial charge is 0.466 e. The lowest BCUT2D eigenvalue weighted by Crippen LogP contribution is -2.24. The fraction of sp³-hybridized carbons (Fsp3) is 0.160. The number of anilines is 2. The number of aliphatic hydroxyl groups excluding tert-OH is 1. The summed E-state index contributed by atoms with van der Waals surface area (Å²) in [6, 6.07) is 19.7. The molecule has 0 aliphatic carbocycles. The molecule has 160 valence electrons. The van der Waals surface area contributed by atoms with Gasteiger partial charge in [0, 0.05) is 37.1 Å². The molecular formula is C25H25FN2O3. The zero-order valence-electron chi connectivity index (χ0n) is 17.7. The normalized spacial score (nSPS) is 11.9. The molecule has 0 saturated heterocycles. The van der Waals surface area contributed by atoms with Crippen molar-refractivity contribution in [1.82, 2.24) is 0 Å². The highest BCUT2D eigenvalue weighted by Gasteiger charge is 2.19. The van der Waals surface area contributed by atoms with E-state index in [2.05, 4.69) is 10.1 Å². The Balaban J connectivity index is 1.81. The summed E-state index contributed by atoms with van der Waals surface area (Å²) in [5, 5.41) is 13.8. The number of nitrogens with zero attached hydrogens (tertiary/aromatic N) is 1. The summed E-state index contributed by atoms with van der Waals surface area (Å²) >= 11 is 0. The van der Waals surface area contributed by atoms with Crippen LogP contribution in [0.2, 0.25) is 0 Å². The predicted molar refractivity (Wildman–Crippen MR) is 122 cm³/mol. The number of carbonyl (C=O) groups is 1. The highest BCUT2D eigenvalue weighted by molar-refractivity contribution is 5.87. The van der Waals surface area contributed by atoms with Gasteiger partial charge in [0.25, 0.3) is 0 Å². The average Bonchev–Trinajstić information content (AvgIpc) is 2.81. The van der Waals surface area contributed by atoms with Crippen LogP contribution >= 0.6 is 0 Å². The summed E-state index contributed by atoms with van der Waals surface area (Å²) in [5.74, 6) is -0.946. The molecule has 31 heavy (non-hydrogen) atoms. The average molecular weight is 420 g/mol. The summed E-state index contributed by atoms with van der Waals surface area (Å²) in [5.41, 5.74) is 4.19. The van der Waals surface area contributed by atoms with Crippen molar-refractivity contribution in [2.75, 3.05) is 31.4 Å². The molecule has 0 heterocycles. The maximum absolute atomic E-state index is 14.9. The van der Waals surface area contributed by atoms with Crippen molar-refractivity contribution < 1.29 is 19.0 Å². The number of hydrogen-bond donors (Lipinski definition) is 2. The Kier molecular flexibility index (Phi) is 7.05. The van der Waals surface area contributed by atoms with Crippen LogP contribution in [-0.4, -0.2) is 32.3 Å². The second-order valence-electron chi connectivity index (χ2n) is 7.00. The predicted octanol–water partition coefficient (Wildman–Crippen LogP) is 4.85. The lowest BCUT2D eigenvalue weighted by atomic mass is 10.0. The van der Waals surface area contributed by atoms with Gasteiger partial charge < -0.3 is 20.1 Å². The molecule has 6 heteroatoms. The van der Waals surface area contributed by atoms with E-state index in [1.54, 1.807) is 48.4 Å². The molecule has 0 spiro atoms. The molecule has 0 aliphatic heterocycles. The molecule has 1 atom stereocenters. The number of methoxy groups -OCH3 is 1. The summed E-state index contributed by atoms with van der Waals surface area (Å²) in [6.45, 7) is 0. The Bertz CT molecular complexity index is 1080. The lowest BCUT2D eigenvalue weighted by Gasteiger charge is -2.26. The minimum atomic E-state index is -1.18. The number of ether oxygens (including phenoxy) is 1. The topological polar surface area (TPSA) is 61.8 Å². The quantitative estimate of drug-likeness (QED) is 0.325. The molecule has 0 amide bonds. The Hall–Kier alpha value is -3.64. The van der Waals surface area contributed by atoms with Crippen LogP contribution in [0.15, 0.2) is 72.8 Å². The first-order valence-electron chi connectivity index (χ1n) is 9.77. The van der Waals surface area contributed by atoms with E-state index in [-0.39, 0.29) is 5.56 Å². The van der Waals surface area contributed by atoms with Gasteiger partial charge in [0.15, 0.2) is 6.23 Å². The molecule has 0 radical (unpaired) electrons. The van der Waals surface area contributed by atoms with Crippen LogP contribution in [0.1, 0.15) is 17.4 Å². The van der Waals surface area contributed by atoms with Gasteiger partial charge in [0.2, 0.25) is 0 Å². The van der Waals surface area contributed by atoms with Crippen molar-refractivity contribution in [2.24, 2.45) is 0 Å². The second-order valence-corrected chi connectivity index (χ2v) is 7.00. The molecule has 0 saturated carbocycles. The molecule has 2 N–H and O–H groups in total. The maximum Gasteiger partial charge on any atom is 0.330 e. The van der Waals surface area contributed by atoms with Crippen LogP contribution in [0, 0.1) is 5.82 Å². The number of nitrogens with one attached hydrogen (secondary N) is 1. The van der Waals surface area contributed by atoms with Crippen LogP contribution in [-0.2, 0) is 9.53 Å². The fourth-order valence-corrected chi connectivity index (χ4v) is 3.18. The van der Waals surface area contributed by atoms with Gasteiger partial charge in [-0.05, 0) is 53.1 Å². The van der Waals surface area contributed by atoms with Crippen molar-refractivity contribution in [3.05, 3.63) is 89.8 Å². The zero-order valence-corrected chi connectivity index (χ0v) is 17.7. The molecule has 5 nitrogen and oxygen atoms in total. The summed E-state index contributed by atoms with van der Waals surface area (Å²) in [6.07, 6.45) is 1.75. The van der Waals surface area contributed by atoms with Crippen molar-refractivity contribution in [1.29, 1.82) is 0 Å². The van der Waals surface area contributed by atoms with E-state index in [4.69, 9.17) is 0 Å². The summed E-state index contributed by atoms with van der Waals surface area (Å²) < 4.78 is 19.5. The molecule has 0 bridgehead atoms. The molecule has 0 aromatic heterocycles. The van der Waals surface area contributed by atoms with Crippen LogP contribution in [0.3, 0.4) is 0 Å². The molecule has 3 aromatic rings. The van der Waals surface area contributed by atoms with Crippen LogP contribution in [0.5, 0.6) is 0 Å². The van der Waals surface area contributed by atoms with E-state index in [1.165, 1.54) is 19.3 Å². The van der Waals surface area contributed by atoms with Crippen molar-refractivity contribution in [3.63, 3.8) is 0 Å². The van der Waals surface area contributed by atoms with E-state index in [0.29, 0.717) is 5.69 Å². The molecular weight excluding hydrogens is 395 g/mol. The molecule has 1 unspecified atom stereocenters. The maximum atomic E-state index is 14.9. The van der Waals surface area contributed by atoms with Gasteiger partial charge >= 0.3 is 5.97 Å². The van der Waals surface area contributed by atoms with E-state index >= 15 is 0 Å². The highest BCUT2D eigenvalue weighted by atomic mass is 19.1. The van der Waals surface area contributed by atoms with E-state index in [9.17, 15) is 14.3 Å². The van der Waals surface area contributed by atoms with Gasteiger partial charge in [-0.2, -0.15) is 0 Å². The first-order chi connectivity index (χ1) is 14.9. The van der Waals surface area contributed by atoms with Gasteiger partial charge in [-0.15, -0.1) is 0 Å². The fourth-order valence-electron chi connectivity index (χ4n) is 3.18. The first kappa shape index (κ1) is 22.1. The third-order valence-electron chi connectivity index (χ3n) is 5.04. The van der Waals surface area contributed by atoms with Gasteiger partial charge in [-0.3, -0.25) is 0 Å². The third kappa shape index (κ3) is 5.29. The molecule has 3 rings (SSSR count). The SMILES string of the molecule is CNc1ccc(-c2ccc(C(O)N(C)c3cccc(/C=C/C(=O)OC)c3)c(F)c2)cc1. The van der Waals surface area contributed by atoms with Crippen molar-refractivity contribution in [3.8, 4) is 11.1 Å². The van der Waals surface area contributed by atoms with Crippen LogP contribution < -0.4 is 10.2 Å². The summed E-state index contributed by atoms with van der Waals surface area (Å²) in [7, 11) is 4.83. The van der Waals surface area contributed by atoms with Gasteiger partial charge in [-0.25, -0.2) is 9.18 Å². The number of halogens is 1. The van der Waals surface area contributed by atoms with Crippen LogP contribution in [0.25, 0.3) is 17.2 Å². The van der Waals surface area contributed by atoms with E-state index < -0.39 is 18.0 Å². The van der Waals surface area contributed by atoms with E-state index in [0.717, 1.165) is 22.4 Å². The van der Waals surface area contributed by atoms with E-state index in [1.807, 2.05) is 37.4 Å². The number of aliphatic hydroxyl groups is 1. The highest BCUT2D eigenvalue weighted by Crippen LogP contribution is 2.29. The van der Waals surface area contributed by atoms with Gasteiger partial charge in [-0.1, -0.05) is 36.4 Å². The molecule has 0 fully saturated rings. The monoisotopic (exact) mass is 420 g/mol. The third-order valence-corrected chi connectivity index (χ3v) is 5.04. The number of carbonyl (C=O) groups excluding carboxylic acids is 1. The lowest BCUT2D eigenvalue weighted by molar-refractivity contribution is -0.134. The molecule has 3 aromatic carbocycles. The minimum absolute atomic E-state index is 0.175. The Morgan fingerprint density at radius 1 is 1.10 bits per heavy atom. The second kappa shape index (κ2) is 9.91. The van der Waals surface area contributed by atoms with Gasteiger partial charge in [0.05, 0.1) is 7.11 Å². The van der Waals surface area contributed by atoms with Gasteiger partial charge in [0.1, 0.15) is 5.82 Å². The Labute approximate surface area is 181 Å². The molecule has 0 aliphatic rings. The standard InChI is InChI=1S/C25H25FN2O3/c1-27-20-11-8-18(9-12-20)19-10-13-22(23(26)16-19)25(30)28(2)21-6-4-5-17(15-21)7-14-24(29)31-3/h4-16,25,27,30H,1-3H3/b14-7+. The summed E-state index contributed by atoms with van der Waals surface area (Å²) in [4.78, 5) is 12.9. The number of rotatable bonds is 7. The first-order valence-corrected chi connectivity index (χ1v) is 9.77. The Morgan fingerprint density at radius 2 is 1.81 bits per heavy atom.